The molecule has 3 aliphatic heterocycles. The highest BCUT2D eigenvalue weighted by atomic mass is 32.1. The molecule has 0 saturated carbocycles. The zero-order valence-corrected chi connectivity index (χ0v) is 23.8. The summed E-state index contributed by atoms with van der Waals surface area (Å²) in [5, 5.41) is 5.87. The van der Waals surface area contributed by atoms with E-state index in [0.29, 0.717) is 17.7 Å². The van der Waals surface area contributed by atoms with Crippen molar-refractivity contribution in [1.29, 1.82) is 0 Å². The van der Waals surface area contributed by atoms with Crippen LogP contribution in [0.25, 0.3) is 16.2 Å². The molecule has 38 heavy (non-hydrogen) atoms. The van der Waals surface area contributed by atoms with Gasteiger partial charge in [-0.25, -0.2) is 9.50 Å². The summed E-state index contributed by atoms with van der Waals surface area (Å²) in [4.78, 5) is 26.4. The molecular formula is C30H42N6OS. The van der Waals surface area contributed by atoms with Gasteiger partial charge in [0, 0.05) is 44.2 Å². The van der Waals surface area contributed by atoms with Crippen molar-refractivity contribution < 1.29 is 4.79 Å². The lowest BCUT2D eigenvalue weighted by Crippen LogP contribution is -2.48. The standard InChI is InChI=1S/C30H42N6OS/c1-22(2)24-8-10-25(11-9-24)27-21-36-29(31-27)38-30(32-36)34-17-12-26(13-18-34)28(37)35-16-6-7-23(20-35)19-33-14-4-3-5-15-33/h8-11,21-23,26H,3-7,12-20H2,1-2H3. The Kier molecular flexibility index (Phi) is 7.70. The highest BCUT2D eigenvalue weighted by molar-refractivity contribution is 7.20. The fourth-order valence-corrected chi connectivity index (χ4v) is 7.43. The number of likely N-dealkylation sites (tertiary alicyclic amines) is 2. The van der Waals surface area contributed by atoms with Gasteiger partial charge in [0.2, 0.25) is 16.0 Å². The van der Waals surface area contributed by atoms with Crippen LogP contribution in [0.1, 0.15) is 70.3 Å². The van der Waals surface area contributed by atoms with Crippen LogP contribution in [0.3, 0.4) is 0 Å². The summed E-state index contributed by atoms with van der Waals surface area (Å²) in [6, 6.07) is 8.69. The number of piperidine rings is 3. The number of hydrogen-bond acceptors (Lipinski definition) is 6. The quantitative estimate of drug-likeness (QED) is 0.417. The molecule has 204 valence electrons. The minimum absolute atomic E-state index is 0.157. The number of rotatable bonds is 6. The smallest absolute Gasteiger partial charge is 0.225 e. The van der Waals surface area contributed by atoms with Crippen molar-refractivity contribution in [3.8, 4) is 11.3 Å². The largest absolute Gasteiger partial charge is 0.347 e. The maximum atomic E-state index is 13.4. The molecule has 1 aromatic carbocycles. The molecule has 2 aromatic heterocycles. The molecule has 0 N–H and O–H groups in total. The van der Waals surface area contributed by atoms with Crippen LogP contribution in [0.2, 0.25) is 0 Å². The number of carbonyl (C=O) groups excluding carboxylic acids is 1. The zero-order chi connectivity index (χ0) is 26.1. The second kappa shape index (κ2) is 11.3. The van der Waals surface area contributed by atoms with Crippen molar-refractivity contribution in [3.63, 3.8) is 0 Å². The van der Waals surface area contributed by atoms with Gasteiger partial charge in [-0.1, -0.05) is 55.9 Å². The van der Waals surface area contributed by atoms with Crippen molar-refractivity contribution in [3.05, 3.63) is 36.0 Å². The molecule has 3 fully saturated rings. The van der Waals surface area contributed by atoms with Crippen molar-refractivity contribution in [1.82, 2.24) is 24.4 Å². The lowest BCUT2D eigenvalue weighted by Gasteiger charge is -2.39. The Labute approximate surface area is 230 Å². The van der Waals surface area contributed by atoms with Gasteiger partial charge in [-0.05, 0) is 69.0 Å². The monoisotopic (exact) mass is 534 g/mol. The normalized spacial score (nSPS) is 22.0. The lowest BCUT2D eigenvalue weighted by atomic mass is 9.92. The number of imidazole rings is 1. The van der Waals surface area contributed by atoms with Crippen molar-refractivity contribution in [2.45, 2.75) is 64.7 Å². The van der Waals surface area contributed by atoms with E-state index < -0.39 is 0 Å². The average molecular weight is 535 g/mol. The molecular weight excluding hydrogens is 492 g/mol. The summed E-state index contributed by atoms with van der Waals surface area (Å²) >= 11 is 1.65. The molecule has 0 radical (unpaired) electrons. The minimum atomic E-state index is 0.157. The molecule has 3 aromatic rings. The first-order valence-electron chi connectivity index (χ1n) is 14.8. The number of benzene rings is 1. The van der Waals surface area contributed by atoms with Crippen LogP contribution in [-0.2, 0) is 4.79 Å². The van der Waals surface area contributed by atoms with Gasteiger partial charge in [0.15, 0.2) is 0 Å². The topological polar surface area (TPSA) is 57.0 Å². The van der Waals surface area contributed by atoms with Gasteiger partial charge in [0.25, 0.3) is 0 Å². The van der Waals surface area contributed by atoms with E-state index in [1.54, 1.807) is 11.3 Å². The predicted octanol–water partition coefficient (Wildman–Crippen LogP) is 5.52. The summed E-state index contributed by atoms with van der Waals surface area (Å²) < 4.78 is 1.92. The lowest BCUT2D eigenvalue weighted by molar-refractivity contribution is -0.138. The Bertz CT molecular complexity index is 1190. The number of amides is 1. The fraction of sp³-hybridized carbons (Fsp3) is 0.633. The van der Waals surface area contributed by atoms with Crippen LogP contribution < -0.4 is 4.90 Å². The van der Waals surface area contributed by atoms with E-state index in [4.69, 9.17) is 10.1 Å². The average Bonchev–Trinajstić information content (AvgIpc) is 3.53. The van der Waals surface area contributed by atoms with Crippen molar-refractivity contribution >= 4 is 27.3 Å². The van der Waals surface area contributed by atoms with E-state index in [1.165, 1.54) is 50.9 Å². The van der Waals surface area contributed by atoms with Gasteiger partial charge in [-0.15, -0.1) is 5.10 Å². The number of fused-ring (bicyclic) bond motifs is 1. The number of aromatic nitrogens is 3. The Morgan fingerprint density at radius 1 is 0.974 bits per heavy atom. The van der Waals surface area contributed by atoms with E-state index in [9.17, 15) is 4.79 Å². The summed E-state index contributed by atoms with van der Waals surface area (Å²) in [6.45, 7) is 11.8. The molecule has 0 aliphatic carbocycles. The molecule has 8 heteroatoms. The first-order chi connectivity index (χ1) is 18.5. The first kappa shape index (κ1) is 25.8. The number of anilines is 1. The summed E-state index contributed by atoms with van der Waals surface area (Å²) in [5.41, 5.74) is 3.44. The van der Waals surface area contributed by atoms with Crippen LogP contribution in [-0.4, -0.2) is 76.1 Å². The van der Waals surface area contributed by atoms with Gasteiger partial charge in [-0.3, -0.25) is 4.79 Å². The van der Waals surface area contributed by atoms with Crippen LogP contribution in [0.5, 0.6) is 0 Å². The van der Waals surface area contributed by atoms with Gasteiger partial charge < -0.3 is 14.7 Å². The van der Waals surface area contributed by atoms with Gasteiger partial charge in [0.05, 0.1) is 11.9 Å². The number of carbonyl (C=O) groups is 1. The first-order valence-corrected chi connectivity index (χ1v) is 15.6. The third-order valence-electron chi connectivity index (χ3n) is 8.82. The summed E-state index contributed by atoms with van der Waals surface area (Å²) in [5.74, 6) is 1.73. The fourth-order valence-electron chi connectivity index (χ4n) is 6.49. The molecule has 1 atom stereocenters. The highest BCUT2D eigenvalue weighted by Gasteiger charge is 2.33. The molecule has 7 nitrogen and oxygen atoms in total. The van der Waals surface area contributed by atoms with E-state index in [2.05, 4.69) is 52.8 Å². The Hall–Kier alpha value is -2.45. The molecule has 1 unspecified atom stereocenters. The SMILES string of the molecule is CC(C)c1ccc(-c2cn3nc(N4CCC(C(=O)N5CCCC(CN6CCCCC6)C5)CC4)sc3n2)cc1. The number of hydrogen-bond donors (Lipinski definition) is 0. The van der Waals surface area contributed by atoms with Crippen LogP contribution in [0.4, 0.5) is 5.13 Å². The molecule has 5 heterocycles. The maximum Gasteiger partial charge on any atom is 0.225 e. The highest BCUT2D eigenvalue weighted by Crippen LogP contribution is 2.31. The molecule has 0 bridgehead atoms. The van der Waals surface area contributed by atoms with Gasteiger partial charge in [0.1, 0.15) is 0 Å². The van der Waals surface area contributed by atoms with Crippen LogP contribution in [0, 0.1) is 11.8 Å². The maximum absolute atomic E-state index is 13.4. The van der Waals surface area contributed by atoms with E-state index in [1.807, 2.05) is 10.7 Å². The second-order valence-corrected chi connectivity index (χ2v) is 12.9. The molecule has 3 saturated heterocycles. The van der Waals surface area contributed by atoms with E-state index in [-0.39, 0.29) is 5.92 Å². The predicted molar refractivity (Wildman–Crippen MR) is 155 cm³/mol. The third kappa shape index (κ3) is 5.62. The van der Waals surface area contributed by atoms with Crippen molar-refractivity contribution in [2.75, 3.05) is 50.7 Å². The second-order valence-electron chi connectivity index (χ2n) is 11.9. The van der Waals surface area contributed by atoms with Gasteiger partial charge >= 0.3 is 0 Å². The van der Waals surface area contributed by atoms with Crippen molar-refractivity contribution in [2.24, 2.45) is 11.8 Å². The van der Waals surface area contributed by atoms with E-state index >= 15 is 0 Å². The molecule has 0 spiro atoms. The molecule has 1 amide bonds. The Morgan fingerprint density at radius 3 is 2.45 bits per heavy atom. The van der Waals surface area contributed by atoms with E-state index in [0.717, 1.165) is 66.8 Å². The zero-order valence-electron chi connectivity index (χ0n) is 23.0. The third-order valence-corrected chi connectivity index (χ3v) is 9.80. The Morgan fingerprint density at radius 2 is 1.74 bits per heavy atom. The summed E-state index contributed by atoms with van der Waals surface area (Å²) in [6.07, 6.45) is 10.4. The van der Waals surface area contributed by atoms with Crippen LogP contribution >= 0.6 is 11.3 Å². The Balaban J connectivity index is 1.03. The van der Waals surface area contributed by atoms with Gasteiger partial charge in [-0.2, -0.15) is 0 Å². The number of nitrogens with zero attached hydrogens (tertiary/aromatic N) is 6. The minimum Gasteiger partial charge on any atom is -0.347 e. The molecule has 6 rings (SSSR count). The summed E-state index contributed by atoms with van der Waals surface area (Å²) in [7, 11) is 0. The molecule has 3 aliphatic rings. The van der Waals surface area contributed by atoms with Crippen LogP contribution in [0.15, 0.2) is 30.5 Å².